The Labute approximate surface area is 168 Å². The summed E-state index contributed by atoms with van der Waals surface area (Å²) in [5.74, 6) is -1.32. The molecular weight excluding hydrogens is 386 g/mol. The molecule has 152 valence electrons. The van der Waals surface area contributed by atoms with Crippen LogP contribution in [0.1, 0.15) is 25.3 Å². The number of rotatable bonds is 6. The van der Waals surface area contributed by atoms with Gasteiger partial charge in [0, 0.05) is 39.5 Å². The van der Waals surface area contributed by atoms with Gasteiger partial charge >= 0.3 is 5.97 Å². The van der Waals surface area contributed by atoms with Gasteiger partial charge in [-0.3, -0.25) is 19.2 Å². The van der Waals surface area contributed by atoms with Gasteiger partial charge in [0.1, 0.15) is 0 Å². The molecule has 0 unspecified atom stereocenters. The Hall–Kier alpha value is -2.61. The first-order chi connectivity index (χ1) is 13.3. The van der Waals surface area contributed by atoms with Crippen molar-refractivity contribution in [3.63, 3.8) is 0 Å². The highest BCUT2D eigenvalue weighted by molar-refractivity contribution is 6.33. The van der Waals surface area contributed by atoms with Crippen LogP contribution in [0.3, 0.4) is 0 Å². The summed E-state index contributed by atoms with van der Waals surface area (Å²) >= 11 is 6.03. The number of nitrogens with one attached hydrogen (secondary N) is 1. The predicted octanol–water partition coefficient (Wildman–Crippen LogP) is 1.60. The molecule has 1 saturated heterocycles. The Morgan fingerprint density at radius 2 is 1.71 bits per heavy atom. The molecule has 9 heteroatoms. The summed E-state index contributed by atoms with van der Waals surface area (Å²) in [7, 11) is 0. The molecule has 0 aliphatic carbocycles. The van der Waals surface area contributed by atoms with Crippen molar-refractivity contribution in [1.82, 2.24) is 9.80 Å². The highest BCUT2D eigenvalue weighted by Crippen LogP contribution is 2.22. The molecule has 1 aromatic carbocycles. The number of piperazine rings is 1. The minimum absolute atomic E-state index is 0.00428. The Morgan fingerprint density at radius 3 is 2.32 bits per heavy atom. The summed E-state index contributed by atoms with van der Waals surface area (Å²) in [6.07, 6.45) is -0.103. The lowest BCUT2D eigenvalue weighted by molar-refractivity contribution is -0.149. The van der Waals surface area contributed by atoms with Crippen molar-refractivity contribution in [1.29, 1.82) is 0 Å². The van der Waals surface area contributed by atoms with Crippen LogP contribution in [0.25, 0.3) is 0 Å². The fourth-order valence-corrected chi connectivity index (χ4v) is 3.05. The molecule has 0 spiro atoms. The van der Waals surface area contributed by atoms with Gasteiger partial charge in [-0.1, -0.05) is 17.7 Å². The number of carbonyl (C=O) groups excluding carboxylic acids is 4. The zero-order chi connectivity index (χ0) is 20.7. The minimum atomic E-state index is -0.624. The van der Waals surface area contributed by atoms with E-state index in [2.05, 4.69) is 5.32 Å². The second-order valence-electron chi connectivity index (χ2n) is 6.58. The van der Waals surface area contributed by atoms with Crippen LogP contribution in [0.5, 0.6) is 0 Å². The fourth-order valence-electron chi connectivity index (χ4n) is 2.76. The van der Waals surface area contributed by atoms with Crippen molar-refractivity contribution in [3.05, 3.63) is 28.8 Å². The summed E-state index contributed by atoms with van der Waals surface area (Å²) in [6.45, 7) is 4.82. The van der Waals surface area contributed by atoms with E-state index in [4.69, 9.17) is 16.3 Å². The maximum atomic E-state index is 12.1. The van der Waals surface area contributed by atoms with E-state index in [9.17, 15) is 19.2 Å². The predicted molar refractivity (Wildman–Crippen MR) is 104 cm³/mol. The first-order valence-electron chi connectivity index (χ1n) is 9.01. The summed E-state index contributed by atoms with van der Waals surface area (Å²) in [4.78, 5) is 50.4. The molecular formula is C19H24ClN3O5. The van der Waals surface area contributed by atoms with Crippen molar-refractivity contribution < 1.29 is 23.9 Å². The van der Waals surface area contributed by atoms with E-state index in [0.29, 0.717) is 36.9 Å². The Balaban J connectivity index is 1.67. The third-order valence-electron chi connectivity index (χ3n) is 4.38. The number of esters is 1. The Bertz CT molecular complexity index is 760. The lowest BCUT2D eigenvalue weighted by Crippen LogP contribution is -2.50. The standard InChI is InChI=1S/C19H24ClN3O5/c1-13-3-4-16(15(20)11-13)21-17(25)12-28-19(27)6-5-18(26)23-9-7-22(8-10-23)14(2)24/h3-4,11H,5-10,12H2,1-2H3,(H,21,25). The number of amides is 3. The monoisotopic (exact) mass is 409 g/mol. The number of halogens is 1. The van der Waals surface area contributed by atoms with Gasteiger partial charge in [0.25, 0.3) is 5.91 Å². The highest BCUT2D eigenvalue weighted by Gasteiger charge is 2.22. The molecule has 28 heavy (non-hydrogen) atoms. The van der Waals surface area contributed by atoms with Crippen molar-refractivity contribution in [2.24, 2.45) is 0 Å². The minimum Gasteiger partial charge on any atom is -0.456 e. The van der Waals surface area contributed by atoms with Gasteiger partial charge in [-0.2, -0.15) is 0 Å². The fraction of sp³-hybridized carbons (Fsp3) is 0.474. The van der Waals surface area contributed by atoms with Gasteiger partial charge in [-0.15, -0.1) is 0 Å². The van der Waals surface area contributed by atoms with Crippen molar-refractivity contribution in [2.45, 2.75) is 26.7 Å². The van der Waals surface area contributed by atoms with E-state index < -0.39 is 18.5 Å². The van der Waals surface area contributed by atoms with Crippen LogP contribution in [0.15, 0.2) is 18.2 Å². The zero-order valence-corrected chi connectivity index (χ0v) is 16.8. The van der Waals surface area contributed by atoms with Crippen molar-refractivity contribution in [2.75, 3.05) is 38.1 Å². The Kier molecular flexibility index (Phi) is 7.80. The number of carbonyl (C=O) groups is 4. The van der Waals surface area contributed by atoms with Gasteiger partial charge in [0.05, 0.1) is 17.1 Å². The van der Waals surface area contributed by atoms with E-state index in [1.54, 1.807) is 28.0 Å². The van der Waals surface area contributed by atoms with E-state index in [0.717, 1.165) is 5.56 Å². The van der Waals surface area contributed by atoms with Crippen molar-refractivity contribution in [3.8, 4) is 0 Å². The first kappa shape index (κ1) is 21.7. The molecule has 8 nitrogen and oxygen atoms in total. The molecule has 1 N–H and O–H groups in total. The molecule has 1 aromatic rings. The molecule has 0 aromatic heterocycles. The van der Waals surface area contributed by atoms with Crippen LogP contribution >= 0.6 is 11.6 Å². The lowest BCUT2D eigenvalue weighted by atomic mass is 10.2. The number of hydrogen-bond acceptors (Lipinski definition) is 5. The molecule has 1 fully saturated rings. The Morgan fingerprint density at radius 1 is 1.07 bits per heavy atom. The highest BCUT2D eigenvalue weighted by atomic mass is 35.5. The second kappa shape index (κ2) is 10.1. The summed E-state index contributed by atoms with van der Waals surface area (Å²) in [6, 6.07) is 5.18. The largest absolute Gasteiger partial charge is 0.456 e. The maximum Gasteiger partial charge on any atom is 0.306 e. The van der Waals surface area contributed by atoms with Crippen LogP contribution < -0.4 is 5.32 Å². The number of anilines is 1. The zero-order valence-electron chi connectivity index (χ0n) is 16.0. The topological polar surface area (TPSA) is 96.0 Å². The molecule has 0 bridgehead atoms. The molecule has 1 aliphatic rings. The first-order valence-corrected chi connectivity index (χ1v) is 9.39. The quantitative estimate of drug-likeness (QED) is 0.720. The van der Waals surface area contributed by atoms with Gasteiger partial charge in [-0.05, 0) is 24.6 Å². The average Bonchev–Trinajstić information content (AvgIpc) is 2.66. The van der Waals surface area contributed by atoms with Crippen LogP contribution in [0.4, 0.5) is 5.69 Å². The third-order valence-corrected chi connectivity index (χ3v) is 4.70. The van der Waals surface area contributed by atoms with E-state index in [1.165, 1.54) is 6.92 Å². The summed E-state index contributed by atoms with van der Waals surface area (Å²) < 4.78 is 4.91. The van der Waals surface area contributed by atoms with Gasteiger partial charge < -0.3 is 19.9 Å². The molecule has 0 saturated carbocycles. The van der Waals surface area contributed by atoms with E-state index >= 15 is 0 Å². The molecule has 0 atom stereocenters. The van der Waals surface area contributed by atoms with E-state index in [1.807, 2.05) is 6.92 Å². The van der Waals surface area contributed by atoms with Crippen LogP contribution in [-0.2, 0) is 23.9 Å². The normalized spacial score (nSPS) is 13.8. The molecule has 1 heterocycles. The summed E-state index contributed by atoms with van der Waals surface area (Å²) in [5, 5.41) is 2.97. The SMILES string of the molecule is CC(=O)N1CCN(C(=O)CCC(=O)OCC(=O)Nc2ccc(C)cc2Cl)CC1. The van der Waals surface area contributed by atoms with Gasteiger partial charge in [0.2, 0.25) is 11.8 Å². The number of nitrogens with zero attached hydrogens (tertiary/aromatic N) is 2. The third kappa shape index (κ3) is 6.53. The lowest BCUT2D eigenvalue weighted by Gasteiger charge is -2.34. The molecule has 0 radical (unpaired) electrons. The molecule has 2 rings (SSSR count). The molecule has 3 amide bonds. The smallest absolute Gasteiger partial charge is 0.306 e. The van der Waals surface area contributed by atoms with Crippen LogP contribution in [-0.4, -0.2) is 66.3 Å². The second-order valence-corrected chi connectivity index (χ2v) is 6.99. The average molecular weight is 410 g/mol. The van der Waals surface area contributed by atoms with E-state index in [-0.39, 0.29) is 24.7 Å². The van der Waals surface area contributed by atoms with Crippen LogP contribution in [0.2, 0.25) is 5.02 Å². The number of benzene rings is 1. The number of hydrogen-bond donors (Lipinski definition) is 1. The molecule has 1 aliphatic heterocycles. The van der Waals surface area contributed by atoms with Gasteiger partial charge in [0.15, 0.2) is 6.61 Å². The van der Waals surface area contributed by atoms with Crippen LogP contribution in [0, 0.1) is 6.92 Å². The number of aryl methyl sites for hydroxylation is 1. The summed E-state index contributed by atoms with van der Waals surface area (Å²) in [5.41, 5.74) is 1.40. The number of ether oxygens (including phenoxy) is 1. The maximum absolute atomic E-state index is 12.1. The van der Waals surface area contributed by atoms with Gasteiger partial charge in [-0.25, -0.2) is 0 Å². The van der Waals surface area contributed by atoms with Crippen molar-refractivity contribution >= 4 is 41.0 Å².